The first-order valence-electron chi connectivity index (χ1n) is 6.64. The minimum absolute atomic E-state index is 0.0175. The molecule has 7 nitrogen and oxygen atoms in total. The number of thioether (sulfide) groups is 1. The number of aliphatic imine (C=N–C) groups is 1. The number of nitrogens with one attached hydrogen (secondary N) is 2. The summed E-state index contributed by atoms with van der Waals surface area (Å²) in [7, 11) is 4.53. The Labute approximate surface area is 142 Å². The van der Waals surface area contributed by atoms with Crippen molar-refractivity contribution in [3.05, 3.63) is 17.2 Å². The molecule has 2 amide bonds. The summed E-state index contributed by atoms with van der Waals surface area (Å²) in [5.74, 6) is 0.267. The molecule has 1 aromatic carbocycles. The Bertz CT molecular complexity index is 666. The number of rotatable bonds is 5. The number of carbonyl (C=O) groups excluding carboxylic acids is 2. The van der Waals surface area contributed by atoms with E-state index in [2.05, 4.69) is 15.6 Å². The van der Waals surface area contributed by atoms with E-state index in [-0.39, 0.29) is 18.2 Å². The molecule has 0 aliphatic carbocycles. The standard InChI is InChI=1S/C14H16ClN3O4S/c1-16-14-18-13(20)11(23-14)6-12(19)17-8-5-9(21-2)7(15)4-10(8)22-3/h4-5,11H,6H2,1-3H3,(H,17,19)(H,16,18,20)/t11-/m1/s1. The Kier molecular flexibility index (Phi) is 5.73. The lowest BCUT2D eigenvalue weighted by Crippen LogP contribution is -2.28. The molecular formula is C14H16ClN3O4S. The number of amides is 2. The Balaban J connectivity index is 2.10. The molecule has 1 atom stereocenters. The lowest BCUT2D eigenvalue weighted by molar-refractivity contribution is -0.122. The second-order valence-electron chi connectivity index (χ2n) is 4.56. The fourth-order valence-corrected chi connectivity index (χ4v) is 3.14. The molecule has 0 saturated carbocycles. The average molecular weight is 358 g/mol. The zero-order valence-electron chi connectivity index (χ0n) is 12.8. The summed E-state index contributed by atoms with van der Waals surface area (Å²) in [6.45, 7) is 0. The number of methoxy groups -OCH3 is 2. The highest BCUT2D eigenvalue weighted by atomic mass is 35.5. The van der Waals surface area contributed by atoms with E-state index in [1.807, 2.05) is 0 Å². The number of amidine groups is 1. The number of carbonyl (C=O) groups is 2. The van der Waals surface area contributed by atoms with Gasteiger partial charge in [0, 0.05) is 25.6 Å². The topological polar surface area (TPSA) is 89.0 Å². The highest BCUT2D eigenvalue weighted by Gasteiger charge is 2.31. The highest BCUT2D eigenvalue weighted by molar-refractivity contribution is 8.15. The first-order valence-corrected chi connectivity index (χ1v) is 7.90. The largest absolute Gasteiger partial charge is 0.495 e. The van der Waals surface area contributed by atoms with Crippen molar-refractivity contribution < 1.29 is 19.1 Å². The van der Waals surface area contributed by atoms with Crippen molar-refractivity contribution in [3.8, 4) is 11.5 Å². The van der Waals surface area contributed by atoms with Gasteiger partial charge in [-0.1, -0.05) is 23.4 Å². The molecule has 2 N–H and O–H groups in total. The molecule has 0 radical (unpaired) electrons. The summed E-state index contributed by atoms with van der Waals surface area (Å²) < 4.78 is 10.3. The molecule has 1 aliphatic heterocycles. The van der Waals surface area contributed by atoms with E-state index >= 15 is 0 Å². The minimum atomic E-state index is -0.506. The highest BCUT2D eigenvalue weighted by Crippen LogP contribution is 2.36. The second-order valence-corrected chi connectivity index (χ2v) is 6.16. The molecule has 0 aromatic heterocycles. The van der Waals surface area contributed by atoms with Crippen LogP contribution in [0.15, 0.2) is 17.1 Å². The predicted octanol–water partition coefficient (Wildman–Crippen LogP) is 1.90. The monoisotopic (exact) mass is 357 g/mol. The smallest absolute Gasteiger partial charge is 0.240 e. The van der Waals surface area contributed by atoms with E-state index < -0.39 is 5.25 Å². The molecule has 1 aromatic rings. The molecule has 1 saturated heterocycles. The van der Waals surface area contributed by atoms with Crippen LogP contribution < -0.4 is 20.1 Å². The summed E-state index contributed by atoms with van der Waals surface area (Å²) in [5, 5.41) is 5.69. The van der Waals surface area contributed by atoms with Crippen LogP contribution in [-0.2, 0) is 9.59 Å². The lowest BCUT2D eigenvalue weighted by Gasteiger charge is -2.13. The fraction of sp³-hybridized carbons (Fsp3) is 0.357. The molecule has 23 heavy (non-hydrogen) atoms. The lowest BCUT2D eigenvalue weighted by atomic mass is 10.2. The normalized spacial score (nSPS) is 18.7. The zero-order chi connectivity index (χ0) is 17.0. The predicted molar refractivity (Wildman–Crippen MR) is 90.7 cm³/mol. The van der Waals surface area contributed by atoms with Gasteiger partial charge in [0.05, 0.1) is 24.9 Å². The molecule has 1 heterocycles. The van der Waals surface area contributed by atoms with Crippen LogP contribution in [0.4, 0.5) is 5.69 Å². The molecule has 0 bridgehead atoms. The fourth-order valence-electron chi connectivity index (χ4n) is 1.97. The molecule has 9 heteroatoms. The second kappa shape index (κ2) is 7.56. The van der Waals surface area contributed by atoms with E-state index in [1.54, 1.807) is 19.2 Å². The van der Waals surface area contributed by atoms with Gasteiger partial charge in [0.25, 0.3) is 0 Å². The maximum absolute atomic E-state index is 12.2. The Morgan fingerprint density at radius 1 is 1.39 bits per heavy atom. The van der Waals surface area contributed by atoms with Gasteiger partial charge in [0.2, 0.25) is 11.8 Å². The van der Waals surface area contributed by atoms with Crippen LogP contribution in [0.1, 0.15) is 6.42 Å². The average Bonchev–Trinajstić information content (AvgIpc) is 2.88. The van der Waals surface area contributed by atoms with Crippen LogP contribution in [0.3, 0.4) is 0 Å². The summed E-state index contributed by atoms with van der Waals surface area (Å²) >= 11 is 7.25. The van der Waals surface area contributed by atoms with E-state index in [0.717, 1.165) is 0 Å². The third-order valence-corrected chi connectivity index (χ3v) is 4.57. The van der Waals surface area contributed by atoms with Crippen LogP contribution in [-0.4, -0.2) is 43.5 Å². The number of halogens is 1. The maximum atomic E-state index is 12.2. The first-order chi connectivity index (χ1) is 11.0. The number of hydrogen-bond acceptors (Lipinski definition) is 6. The van der Waals surface area contributed by atoms with Crippen molar-refractivity contribution >= 4 is 46.0 Å². The molecule has 2 rings (SSSR count). The van der Waals surface area contributed by atoms with Crippen molar-refractivity contribution in [2.45, 2.75) is 11.7 Å². The number of hydrogen-bond donors (Lipinski definition) is 2. The molecular weight excluding hydrogens is 342 g/mol. The molecule has 0 spiro atoms. The van der Waals surface area contributed by atoms with Crippen molar-refractivity contribution in [2.75, 3.05) is 26.6 Å². The molecule has 1 aliphatic rings. The molecule has 124 valence electrons. The van der Waals surface area contributed by atoms with Gasteiger partial charge in [-0.15, -0.1) is 0 Å². The number of benzene rings is 1. The number of anilines is 1. The van der Waals surface area contributed by atoms with Crippen molar-refractivity contribution in [2.24, 2.45) is 4.99 Å². The van der Waals surface area contributed by atoms with Crippen LogP contribution in [0.25, 0.3) is 0 Å². The van der Waals surface area contributed by atoms with Gasteiger partial charge in [0.15, 0.2) is 5.17 Å². The molecule has 0 unspecified atom stereocenters. The number of ether oxygens (including phenoxy) is 2. The van der Waals surface area contributed by atoms with Gasteiger partial charge in [-0.25, -0.2) is 0 Å². The van der Waals surface area contributed by atoms with Crippen LogP contribution in [0.5, 0.6) is 11.5 Å². The first kappa shape index (κ1) is 17.4. The van der Waals surface area contributed by atoms with E-state index in [1.165, 1.54) is 26.0 Å². The Hall–Kier alpha value is -1.93. The van der Waals surface area contributed by atoms with E-state index in [9.17, 15) is 9.59 Å². The SMILES string of the molecule is CN=C1NC(=O)[C@@H](CC(=O)Nc2cc(OC)c(Cl)cc2OC)S1. The van der Waals surface area contributed by atoms with Crippen molar-refractivity contribution in [1.82, 2.24) is 5.32 Å². The van der Waals surface area contributed by atoms with E-state index in [4.69, 9.17) is 21.1 Å². The van der Waals surface area contributed by atoms with Crippen molar-refractivity contribution in [3.63, 3.8) is 0 Å². The third kappa shape index (κ3) is 4.08. The van der Waals surface area contributed by atoms with Gasteiger partial charge in [-0.3, -0.25) is 14.6 Å². The maximum Gasteiger partial charge on any atom is 0.240 e. The summed E-state index contributed by atoms with van der Waals surface area (Å²) in [6.07, 6.45) is 0.0175. The Morgan fingerprint density at radius 2 is 2.09 bits per heavy atom. The quantitative estimate of drug-likeness (QED) is 0.840. The number of nitrogens with zero attached hydrogens (tertiary/aromatic N) is 1. The Morgan fingerprint density at radius 3 is 2.65 bits per heavy atom. The minimum Gasteiger partial charge on any atom is -0.495 e. The van der Waals surface area contributed by atoms with Gasteiger partial charge in [0.1, 0.15) is 16.7 Å². The zero-order valence-corrected chi connectivity index (χ0v) is 14.4. The van der Waals surface area contributed by atoms with Gasteiger partial charge in [-0.05, 0) is 0 Å². The van der Waals surface area contributed by atoms with Gasteiger partial charge >= 0.3 is 0 Å². The summed E-state index contributed by atoms with van der Waals surface area (Å²) in [6, 6.07) is 3.12. The van der Waals surface area contributed by atoms with Crippen molar-refractivity contribution in [1.29, 1.82) is 0 Å². The van der Waals surface area contributed by atoms with Crippen LogP contribution >= 0.6 is 23.4 Å². The third-order valence-electron chi connectivity index (χ3n) is 3.10. The van der Waals surface area contributed by atoms with Gasteiger partial charge < -0.3 is 20.1 Å². The molecule has 1 fully saturated rings. The summed E-state index contributed by atoms with van der Waals surface area (Å²) in [4.78, 5) is 27.8. The van der Waals surface area contributed by atoms with E-state index in [0.29, 0.717) is 27.4 Å². The summed E-state index contributed by atoms with van der Waals surface area (Å²) in [5.41, 5.74) is 0.423. The van der Waals surface area contributed by atoms with Crippen LogP contribution in [0.2, 0.25) is 5.02 Å². The van der Waals surface area contributed by atoms with Crippen LogP contribution in [0, 0.1) is 0 Å². The van der Waals surface area contributed by atoms with Gasteiger partial charge in [-0.2, -0.15) is 0 Å².